The lowest BCUT2D eigenvalue weighted by molar-refractivity contribution is -0.139. The number of aromatic nitrogens is 2. The van der Waals surface area contributed by atoms with Crippen molar-refractivity contribution in [1.29, 1.82) is 0 Å². The number of nitrogens with two attached hydrogens (primary N) is 2. The van der Waals surface area contributed by atoms with Crippen molar-refractivity contribution < 1.29 is 14.3 Å². The number of carbonyl (C=O) groups excluding carboxylic acids is 1. The van der Waals surface area contributed by atoms with E-state index in [-0.39, 0.29) is 29.7 Å². The van der Waals surface area contributed by atoms with Crippen LogP contribution in [0.4, 0.5) is 11.5 Å². The lowest BCUT2D eigenvalue weighted by atomic mass is 10.0. The Hall–Kier alpha value is -3.85. The average Bonchev–Trinajstić information content (AvgIpc) is 2.76. The van der Waals surface area contributed by atoms with E-state index in [4.69, 9.17) is 21.1 Å². The minimum atomic E-state index is -0.499. The second kappa shape index (κ2) is 9.10. The molecule has 9 heteroatoms. The third-order valence-electron chi connectivity index (χ3n) is 4.49. The molecule has 0 saturated carbocycles. The maximum Gasteiger partial charge on any atom is 0.309 e. The Morgan fingerprint density at radius 1 is 1.17 bits per heavy atom. The molecule has 0 spiro atoms. The fourth-order valence-corrected chi connectivity index (χ4v) is 2.95. The SMILES string of the molecule is CCOc1cc(-c2ccc(CC(=O)OC)cc2)ccc1-c1nc(NN)c(N)c(=O)[nH]1. The monoisotopic (exact) mass is 409 g/mol. The summed E-state index contributed by atoms with van der Waals surface area (Å²) in [7, 11) is 1.36. The van der Waals surface area contributed by atoms with Gasteiger partial charge >= 0.3 is 5.97 Å². The predicted molar refractivity (Wildman–Crippen MR) is 115 cm³/mol. The van der Waals surface area contributed by atoms with Crippen LogP contribution in [0.1, 0.15) is 12.5 Å². The average molecular weight is 409 g/mol. The first-order valence-electron chi connectivity index (χ1n) is 9.26. The zero-order chi connectivity index (χ0) is 21.7. The van der Waals surface area contributed by atoms with Gasteiger partial charge in [0.2, 0.25) is 0 Å². The number of nitrogen functional groups attached to an aromatic ring is 2. The highest BCUT2D eigenvalue weighted by molar-refractivity contribution is 5.76. The lowest BCUT2D eigenvalue weighted by Gasteiger charge is -2.13. The molecule has 1 aromatic heterocycles. The van der Waals surface area contributed by atoms with Gasteiger partial charge in [-0.05, 0) is 35.7 Å². The van der Waals surface area contributed by atoms with Crippen molar-refractivity contribution >= 4 is 17.5 Å². The molecule has 30 heavy (non-hydrogen) atoms. The summed E-state index contributed by atoms with van der Waals surface area (Å²) < 4.78 is 10.5. The summed E-state index contributed by atoms with van der Waals surface area (Å²) in [5, 5.41) is 0. The van der Waals surface area contributed by atoms with Crippen LogP contribution >= 0.6 is 0 Å². The zero-order valence-electron chi connectivity index (χ0n) is 16.7. The van der Waals surface area contributed by atoms with Crippen LogP contribution in [0.2, 0.25) is 0 Å². The van der Waals surface area contributed by atoms with Gasteiger partial charge in [0.1, 0.15) is 17.3 Å². The molecule has 0 atom stereocenters. The Labute approximate surface area is 173 Å². The highest BCUT2D eigenvalue weighted by Crippen LogP contribution is 2.33. The number of ether oxygens (including phenoxy) is 2. The van der Waals surface area contributed by atoms with Crippen LogP contribution < -0.4 is 27.3 Å². The summed E-state index contributed by atoms with van der Waals surface area (Å²) in [6.45, 7) is 2.29. The van der Waals surface area contributed by atoms with E-state index in [9.17, 15) is 9.59 Å². The number of rotatable bonds is 7. The highest BCUT2D eigenvalue weighted by Gasteiger charge is 2.14. The van der Waals surface area contributed by atoms with Crippen LogP contribution in [-0.2, 0) is 16.0 Å². The summed E-state index contributed by atoms with van der Waals surface area (Å²) in [4.78, 5) is 30.4. The maximum atomic E-state index is 12.1. The number of hydrazine groups is 1. The van der Waals surface area contributed by atoms with Crippen molar-refractivity contribution in [3.05, 3.63) is 58.4 Å². The number of anilines is 2. The zero-order valence-corrected chi connectivity index (χ0v) is 16.7. The standard InChI is InChI=1S/C21H23N5O4/c1-3-30-16-11-14(13-6-4-12(5-7-13)10-17(27)29-2)8-9-15(16)19-24-20(26-23)18(22)21(28)25-19/h4-9,11H,3,10,22-23H2,1-2H3,(H2,24,25,26,28). The Kier molecular flexibility index (Phi) is 6.33. The van der Waals surface area contributed by atoms with Gasteiger partial charge < -0.3 is 25.6 Å². The van der Waals surface area contributed by atoms with Crippen molar-refractivity contribution in [3.63, 3.8) is 0 Å². The Balaban J connectivity index is 1.99. The largest absolute Gasteiger partial charge is 0.493 e. The molecule has 156 valence electrons. The van der Waals surface area contributed by atoms with Gasteiger partial charge in [0.15, 0.2) is 5.82 Å². The van der Waals surface area contributed by atoms with Gasteiger partial charge in [-0.15, -0.1) is 0 Å². The van der Waals surface area contributed by atoms with E-state index in [1.54, 1.807) is 6.07 Å². The minimum absolute atomic E-state index is 0.0847. The number of benzene rings is 2. The highest BCUT2D eigenvalue weighted by atomic mass is 16.5. The molecule has 3 aromatic rings. The van der Waals surface area contributed by atoms with Gasteiger partial charge in [0.05, 0.1) is 25.7 Å². The molecule has 0 unspecified atom stereocenters. The van der Waals surface area contributed by atoms with Gasteiger partial charge in [-0.1, -0.05) is 30.3 Å². The quantitative estimate of drug-likeness (QED) is 0.264. The van der Waals surface area contributed by atoms with Gasteiger partial charge in [-0.3, -0.25) is 9.59 Å². The van der Waals surface area contributed by atoms with Gasteiger partial charge in [-0.25, -0.2) is 10.8 Å². The van der Waals surface area contributed by atoms with Crippen LogP contribution in [0.15, 0.2) is 47.3 Å². The predicted octanol–water partition coefficient (Wildman–Crippen LogP) is 2.09. The summed E-state index contributed by atoms with van der Waals surface area (Å²) in [5.74, 6) is 6.03. The molecule has 1 heterocycles. The number of H-pyrrole nitrogens is 1. The molecular formula is C21H23N5O4. The summed E-state index contributed by atoms with van der Waals surface area (Å²) >= 11 is 0. The number of nitrogens with zero attached hydrogens (tertiary/aromatic N) is 1. The number of hydrogen-bond donors (Lipinski definition) is 4. The fourth-order valence-electron chi connectivity index (χ4n) is 2.95. The molecule has 0 bridgehead atoms. The van der Waals surface area contributed by atoms with Crippen molar-refractivity contribution in [2.24, 2.45) is 5.84 Å². The third-order valence-corrected chi connectivity index (χ3v) is 4.49. The van der Waals surface area contributed by atoms with Crippen molar-refractivity contribution in [1.82, 2.24) is 9.97 Å². The lowest BCUT2D eigenvalue weighted by Crippen LogP contribution is -2.20. The van der Waals surface area contributed by atoms with Gasteiger partial charge in [-0.2, -0.15) is 0 Å². The molecule has 0 amide bonds. The molecule has 9 nitrogen and oxygen atoms in total. The molecule has 0 radical (unpaired) electrons. The maximum absolute atomic E-state index is 12.1. The molecule has 0 aliphatic heterocycles. The second-order valence-electron chi connectivity index (χ2n) is 6.41. The van der Waals surface area contributed by atoms with Gasteiger partial charge in [0.25, 0.3) is 5.56 Å². The van der Waals surface area contributed by atoms with Crippen LogP contribution in [0.3, 0.4) is 0 Å². The number of esters is 1. The van der Waals surface area contributed by atoms with E-state index in [1.165, 1.54) is 7.11 Å². The van der Waals surface area contributed by atoms with Crippen LogP contribution in [0.5, 0.6) is 5.75 Å². The third kappa shape index (κ3) is 4.41. The molecule has 6 N–H and O–H groups in total. The molecule has 2 aromatic carbocycles. The summed E-state index contributed by atoms with van der Waals surface area (Å²) in [6, 6.07) is 13.1. The number of methoxy groups -OCH3 is 1. The molecule has 0 saturated heterocycles. The van der Waals surface area contributed by atoms with E-state index in [2.05, 4.69) is 15.4 Å². The smallest absolute Gasteiger partial charge is 0.309 e. The first-order chi connectivity index (χ1) is 14.5. The summed E-state index contributed by atoms with van der Waals surface area (Å²) in [6.07, 6.45) is 0.216. The Morgan fingerprint density at radius 3 is 2.50 bits per heavy atom. The molecule has 0 aliphatic carbocycles. The number of nitrogens with one attached hydrogen (secondary N) is 2. The topological polar surface area (TPSA) is 145 Å². The number of hydrogen-bond acceptors (Lipinski definition) is 8. The number of aromatic amines is 1. The second-order valence-corrected chi connectivity index (χ2v) is 6.41. The van der Waals surface area contributed by atoms with Crippen LogP contribution in [-0.4, -0.2) is 29.7 Å². The molecule has 0 aliphatic rings. The molecular weight excluding hydrogens is 386 g/mol. The normalized spacial score (nSPS) is 10.5. The van der Waals surface area contributed by atoms with Crippen molar-refractivity contribution in [2.45, 2.75) is 13.3 Å². The van der Waals surface area contributed by atoms with Crippen LogP contribution in [0, 0.1) is 0 Å². The van der Waals surface area contributed by atoms with E-state index in [1.807, 2.05) is 43.3 Å². The van der Waals surface area contributed by atoms with E-state index in [0.717, 1.165) is 16.7 Å². The van der Waals surface area contributed by atoms with E-state index < -0.39 is 5.56 Å². The molecule has 3 rings (SSSR count). The van der Waals surface area contributed by atoms with Gasteiger partial charge in [0, 0.05) is 0 Å². The fraction of sp³-hybridized carbons (Fsp3) is 0.190. The minimum Gasteiger partial charge on any atom is -0.493 e. The van der Waals surface area contributed by atoms with Crippen LogP contribution in [0.25, 0.3) is 22.5 Å². The van der Waals surface area contributed by atoms with E-state index >= 15 is 0 Å². The first kappa shape index (κ1) is 20.9. The first-order valence-corrected chi connectivity index (χ1v) is 9.26. The molecule has 0 fully saturated rings. The van der Waals surface area contributed by atoms with Crippen molar-refractivity contribution in [3.8, 4) is 28.3 Å². The summed E-state index contributed by atoms with van der Waals surface area (Å²) in [5.41, 5.74) is 10.7. The Bertz CT molecular complexity index is 1110. The van der Waals surface area contributed by atoms with E-state index in [0.29, 0.717) is 17.9 Å². The number of carbonyl (C=O) groups is 1. The Morgan fingerprint density at radius 2 is 1.87 bits per heavy atom. The van der Waals surface area contributed by atoms with Crippen molar-refractivity contribution in [2.75, 3.05) is 24.9 Å².